The highest BCUT2D eigenvalue weighted by atomic mass is 19.4. The van der Waals surface area contributed by atoms with Crippen LogP contribution in [0.15, 0.2) is 129 Å². The van der Waals surface area contributed by atoms with Gasteiger partial charge in [-0.2, -0.15) is 0 Å². The fourth-order valence-corrected chi connectivity index (χ4v) is 12.4. The Morgan fingerprint density at radius 3 is 0.993 bits per heavy atom. The molecule has 826 valence electrons. The number of carbonyl (C=O) groups excluding carboxylic acids is 4. The number of Topliss-reactive ketones (excluding diaryl/α,β-unsaturated/α-hetero) is 4. The van der Waals surface area contributed by atoms with Gasteiger partial charge in [-0.05, 0) is 413 Å². The molecule has 0 atom stereocenters. The first-order valence-corrected chi connectivity index (χ1v) is 47.9. The zero-order valence-corrected chi connectivity index (χ0v) is 92.4. The highest BCUT2D eigenvalue weighted by Gasteiger charge is 2.35. The van der Waals surface area contributed by atoms with Crippen molar-refractivity contribution in [2.75, 3.05) is 39.6 Å². The Kier molecular flexibility index (Phi) is 80.1. The van der Waals surface area contributed by atoms with Gasteiger partial charge in [0.2, 0.25) is 0 Å². The molecular formula is C113H188B3F9O19. The summed E-state index contributed by atoms with van der Waals surface area (Å²) in [4.78, 5) is 50.0. The molecule has 0 saturated heterocycles. The molecule has 2 heterocycles. The standard InChI is InChI=1S/C18H28O3.C18H26O3.C18H26O2.2C13H18O2.C8H10O2.2C5H10O.3C4H10O.3CH4.3BF3/c2*1-11(2)7-8-14-15(9-10-18(5,6)21)17(20)13(4)12(3)16(14)19;1-11(2)7-8-14-15-9-10-18(5,6)20-17(15)13(4)12(3)16(14)19;1-8-9(2)12-10(7-11(8)14)5-6-13(3,4)15-12;1-8(2)5-6-11-7-12(14)9(3)10(4)13(11)15;1-5-6(2)8(10)4-3-7(5)9;2*1-4-5(2,3)6;3*1-3-5-4-2;;;;3*2-1(3)4/h11,21H,7-10H2,1-6H3;7,21H,8-10H2,1-6H3;7,19H,8-10H2,1-6H3;7,14H,5-6H2,1-4H3;5,7,14-15H,6H2,1-4H3;3-4,9-10H,1-2H3;2*4,6H,1H2,2-3H3;3*3-4H2,1-2H3;3*1H4;;;. The summed E-state index contributed by atoms with van der Waals surface area (Å²) in [6.07, 6.45) is 18.4. The fraction of sp³-hybridized carbons (Fsp3) is 0.593. The number of allylic oxidation sites excluding steroid dienone is 14. The maximum Gasteiger partial charge on any atom is 0.762 e. The first-order valence-electron chi connectivity index (χ1n) is 47.9. The highest BCUT2D eigenvalue weighted by Crippen LogP contribution is 2.45. The van der Waals surface area contributed by atoms with Crippen LogP contribution in [0.25, 0.3) is 0 Å². The Hall–Kier alpha value is -9.10. The van der Waals surface area contributed by atoms with Crippen molar-refractivity contribution in [1.29, 1.82) is 0 Å². The summed E-state index contributed by atoms with van der Waals surface area (Å²) in [5.74, 6) is 4.21. The summed E-state index contributed by atoms with van der Waals surface area (Å²) in [5.41, 5.74) is 16.1. The predicted molar refractivity (Wildman–Crippen MR) is 583 cm³/mol. The van der Waals surface area contributed by atoms with Crippen molar-refractivity contribution in [3.8, 4) is 46.0 Å². The number of aliphatic hydroxyl groups is 4. The summed E-state index contributed by atoms with van der Waals surface area (Å²) in [7, 11) is -11.0. The Balaban J connectivity index is -0.000000202. The van der Waals surface area contributed by atoms with Crippen molar-refractivity contribution >= 4 is 45.8 Å². The molecule has 0 bridgehead atoms. The third-order valence-electron chi connectivity index (χ3n) is 22.1. The van der Waals surface area contributed by atoms with Crippen molar-refractivity contribution in [3.63, 3.8) is 0 Å². The predicted octanol–water partition coefficient (Wildman–Crippen LogP) is 29.7. The molecular weight excluding hydrogens is 1860 g/mol. The second kappa shape index (κ2) is 75.6. The van der Waals surface area contributed by atoms with Crippen LogP contribution in [-0.2, 0) is 59.1 Å². The van der Waals surface area contributed by atoms with Crippen molar-refractivity contribution < 1.29 is 133 Å². The van der Waals surface area contributed by atoms with Crippen LogP contribution in [0.3, 0.4) is 0 Å². The van der Waals surface area contributed by atoms with Gasteiger partial charge < -0.3 is 74.7 Å². The van der Waals surface area contributed by atoms with E-state index in [9.17, 15) is 88.7 Å². The second-order valence-electron chi connectivity index (χ2n) is 38.8. The third kappa shape index (κ3) is 66.9. The van der Waals surface area contributed by atoms with Crippen LogP contribution in [0.1, 0.15) is 355 Å². The lowest BCUT2D eigenvalue weighted by Gasteiger charge is -2.35. The van der Waals surface area contributed by atoms with Gasteiger partial charge in [-0.3, -0.25) is 58.0 Å². The van der Waals surface area contributed by atoms with E-state index in [-0.39, 0.29) is 73.9 Å². The number of hydrogen-bond donors (Lipinski definition) is 10. The van der Waals surface area contributed by atoms with Gasteiger partial charge in [0.1, 0.15) is 57.2 Å². The van der Waals surface area contributed by atoms with E-state index in [0.29, 0.717) is 113 Å². The van der Waals surface area contributed by atoms with Gasteiger partial charge >= 0.3 is 22.6 Å². The number of fused-ring (bicyclic) bond motifs is 2. The van der Waals surface area contributed by atoms with Gasteiger partial charge in [-0.15, -0.1) is 13.2 Å². The van der Waals surface area contributed by atoms with Crippen LogP contribution in [0.2, 0.25) is 0 Å². The number of ether oxygens (including phenoxy) is 5. The molecule has 0 radical (unpaired) electrons. The molecule has 19 nitrogen and oxygen atoms in total. The molecule has 2 aliphatic carbocycles. The molecule has 8 rings (SSSR count). The van der Waals surface area contributed by atoms with Crippen LogP contribution in [0.4, 0.5) is 38.8 Å². The summed E-state index contributed by atoms with van der Waals surface area (Å²) < 4.78 is 114. The monoisotopic (exact) mass is 2050 g/mol. The number of ketones is 4. The van der Waals surface area contributed by atoms with Crippen molar-refractivity contribution in [1.82, 2.24) is 0 Å². The summed E-state index contributed by atoms with van der Waals surface area (Å²) in [6.45, 7) is 84.2. The first-order chi connectivity index (χ1) is 64.3. The number of hydrogen-bond acceptors (Lipinski definition) is 19. The molecule has 31 heteroatoms. The second-order valence-corrected chi connectivity index (χ2v) is 38.8. The molecule has 0 spiro atoms. The van der Waals surface area contributed by atoms with Crippen LogP contribution < -0.4 is 9.47 Å². The van der Waals surface area contributed by atoms with E-state index in [0.717, 1.165) is 156 Å². The molecule has 2 aliphatic heterocycles. The number of aromatic hydroxyl groups is 6. The Morgan fingerprint density at radius 2 is 0.681 bits per heavy atom. The van der Waals surface area contributed by atoms with E-state index in [4.69, 9.17) is 44.1 Å². The third-order valence-corrected chi connectivity index (χ3v) is 22.1. The van der Waals surface area contributed by atoms with Crippen LogP contribution in [0.5, 0.6) is 46.0 Å². The molecule has 0 amide bonds. The molecule has 0 saturated carbocycles. The SMILES string of the molecule is C.C.C.C=CC(C)(C)O.C=CC(C)(C)O.CC(C)=CCC1=C(CCC(C)(C)O)C(=O)C(C)=C(C)C1=O.CC(C)=CCc1c(O)c(C)c(C)c2c1CCC(C)(C)O2.CC(C)=CCc1cc(O)c(C)c(C)c1O.CC1=C(C)C(=O)C(CCC(C)(C)O)=C(CCC(C)C)C1=O.CCOCC.CCOCC.CCOCC.Cc1c(O)cc2c(c1C)OC(C)(C)CC2.Cc1c(O)ccc(O)c1C.FB(F)F.FB(F)F.FB(F)F. The van der Waals surface area contributed by atoms with Gasteiger partial charge in [0.15, 0.2) is 23.1 Å². The van der Waals surface area contributed by atoms with Gasteiger partial charge in [0, 0.05) is 101 Å². The minimum atomic E-state index is -3.67. The van der Waals surface area contributed by atoms with Crippen molar-refractivity contribution in [2.24, 2.45) is 5.92 Å². The molecule has 4 aromatic carbocycles. The lowest BCUT2D eigenvalue weighted by atomic mass is 9.80. The molecule has 0 fully saturated rings. The number of phenolic OH excluding ortho intramolecular Hbond substituents is 6. The van der Waals surface area contributed by atoms with Crippen LogP contribution >= 0.6 is 0 Å². The maximum atomic E-state index is 12.5. The van der Waals surface area contributed by atoms with Crippen LogP contribution in [-0.4, -0.2) is 170 Å². The molecule has 0 unspecified atom stereocenters. The molecule has 4 aliphatic rings. The van der Waals surface area contributed by atoms with Gasteiger partial charge in [0.25, 0.3) is 0 Å². The van der Waals surface area contributed by atoms with E-state index in [1.54, 1.807) is 110 Å². The van der Waals surface area contributed by atoms with E-state index in [1.165, 1.54) is 41.0 Å². The van der Waals surface area contributed by atoms with E-state index >= 15 is 0 Å². The fourth-order valence-electron chi connectivity index (χ4n) is 12.4. The Morgan fingerprint density at radius 1 is 0.410 bits per heavy atom. The lowest BCUT2D eigenvalue weighted by Crippen LogP contribution is -2.33. The zero-order chi connectivity index (χ0) is 112. The summed E-state index contributed by atoms with van der Waals surface area (Å²) >= 11 is 0. The van der Waals surface area contributed by atoms with Gasteiger partial charge in [-0.1, -0.05) is 83.2 Å². The number of halogens is 9. The largest absolute Gasteiger partial charge is 0.762 e. The Bertz CT molecular complexity index is 4640. The van der Waals surface area contributed by atoms with Crippen LogP contribution in [0, 0.1) is 61.3 Å². The number of rotatable bonds is 23. The first kappa shape index (κ1) is 153. The lowest BCUT2D eigenvalue weighted by molar-refractivity contribution is -0.116. The minimum Gasteiger partial charge on any atom is -0.508 e. The van der Waals surface area contributed by atoms with Crippen molar-refractivity contribution in [2.45, 2.75) is 402 Å². The van der Waals surface area contributed by atoms with E-state index < -0.39 is 45.0 Å². The topological polar surface area (TPSA) is 317 Å². The van der Waals surface area contributed by atoms with Gasteiger partial charge in [0.05, 0.1) is 22.4 Å². The molecule has 4 aromatic rings. The minimum absolute atomic E-state index is 0. The number of phenols is 6. The normalized spacial score (nSPS) is 13.2. The average Bonchev–Trinajstić information content (AvgIpc) is 0.759. The van der Waals surface area contributed by atoms with E-state index in [2.05, 4.69) is 74.6 Å². The number of benzene rings is 4. The highest BCUT2D eigenvalue weighted by molar-refractivity contribution is 6.34. The molecule has 144 heavy (non-hydrogen) atoms. The smallest absolute Gasteiger partial charge is 0.508 e. The van der Waals surface area contributed by atoms with E-state index in [1.807, 2.05) is 122 Å². The Labute approximate surface area is 864 Å². The number of carbonyl (C=O) groups is 4. The average molecular weight is 2050 g/mol. The molecule has 10 N–H and O–H groups in total. The summed E-state index contributed by atoms with van der Waals surface area (Å²) in [5, 5.41) is 95.2. The number of aryl methyl sites for hydroxylation is 1. The summed E-state index contributed by atoms with van der Waals surface area (Å²) in [6, 6.07) is 6.44. The molecule has 0 aromatic heterocycles. The zero-order valence-electron chi connectivity index (χ0n) is 92.4. The van der Waals surface area contributed by atoms with Crippen molar-refractivity contribution in [3.05, 3.63) is 196 Å². The quantitative estimate of drug-likeness (QED) is 0.0108. The maximum absolute atomic E-state index is 12.5. The van der Waals surface area contributed by atoms with Gasteiger partial charge in [-0.25, -0.2) is 0 Å².